The number of nitrogens with zero attached hydrogens (tertiary/aromatic N) is 1. The van der Waals surface area contributed by atoms with Gasteiger partial charge in [-0.2, -0.15) is 0 Å². The molecule has 0 saturated carbocycles. The maximum Gasteiger partial charge on any atom is 0.294 e. The van der Waals surface area contributed by atoms with Gasteiger partial charge in [0.1, 0.15) is 5.69 Å². The molecule has 0 aromatic heterocycles. The number of aliphatic hydroxyl groups excluding tert-OH is 1. The number of hydrogen-bond acceptors (Lipinski definition) is 6. The lowest BCUT2D eigenvalue weighted by Gasteiger charge is -2.10. The summed E-state index contributed by atoms with van der Waals surface area (Å²) in [6.07, 6.45) is 1.44. The van der Waals surface area contributed by atoms with E-state index in [4.69, 9.17) is 16.7 Å². The Hall–Kier alpha value is -2.16. The molecule has 2 N–H and O–H groups in total. The minimum absolute atomic E-state index is 0.0286. The summed E-state index contributed by atoms with van der Waals surface area (Å²) in [6.45, 7) is 0.0286. The Morgan fingerprint density at radius 1 is 1.25 bits per heavy atom. The van der Waals surface area contributed by atoms with E-state index in [1.54, 1.807) is 24.3 Å². The summed E-state index contributed by atoms with van der Waals surface area (Å²) in [6, 6.07) is 9.12. The molecule has 7 nitrogen and oxygen atoms in total. The third-order valence-electron chi connectivity index (χ3n) is 3.28. The molecule has 24 heavy (non-hydrogen) atoms. The van der Waals surface area contributed by atoms with Crippen LogP contribution in [0.3, 0.4) is 0 Å². The highest BCUT2D eigenvalue weighted by Crippen LogP contribution is 2.35. The summed E-state index contributed by atoms with van der Waals surface area (Å²) >= 11 is 5.95. The lowest BCUT2D eigenvalue weighted by atomic mass is 10.1. The molecule has 0 spiro atoms. The van der Waals surface area contributed by atoms with Gasteiger partial charge in [0.15, 0.2) is 9.84 Å². The molecule has 2 rings (SSSR count). The van der Waals surface area contributed by atoms with Crippen LogP contribution in [0.1, 0.15) is 5.56 Å². The zero-order valence-corrected chi connectivity index (χ0v) is 14.3. The quantitative estimate of drug-likeness (QED) is 0.597. The molecule has 128 valence electrons. The van der Waals surface area contributed by atoms with Gasteiger partial charge < -0.3 is 10.4 Å². The van der Waals surface area contributed by atoms with E-state index in [-0.39, 0.29) is 27.9 Å². The second kappa shape index (κ2) is 7.16. The molecular weight excluding hydrogens is 356 g/mol. The summed E-state index contributed by atoms with van der Waals surface area (Å²) < 4.78 is 23.3. The summed E-state index contributed by atoms with van der Waals surface area (Å²) in [5.41, 5.74) is 1.19. The predicted octanol–water partition coefficient (Wildman–Crippen LogP) is 2.93. The van der Waals surface area contributed by atoms with Gasteiger partial charge in [0.2, 0.25) is 0 Å². The zero-order valence-electron chi connectivity index (χ0n) is 12.7. The molecule has 0 aliphatic rings. The van der Waals surface area contributed by atoms with Gasteiger partial charge in [0.25, 0.3) is 5.69 Å². The highest BCUT2D eigenvalue weighted by Gasteiger charge is 2.22. The number of nitrogens with one attached hydrogen (secondary N) is 1. The molecule has 0 saturated heterocycles. The fraction of sp³-hybridized carbons (Fsp3) is 0.200. The van der Waals surface area contributed by atoms with Crippen LogP contribution in [0.15, 0.2) is 41.3 Å². The van der Waals surface area contributed by atoms with E-state index in [0.29, 0.717) is 12.1 Å². The van der Waals surface area contributed by atoms with Crippen molar-refractivity contribution in [2.45, 2.75) is 11.3 Å². The van der Waals surface area contributed by atoms with Crippen LogP contribution >= 0.6 is 11.6 Å². The Labute approximate surface area is 144 Å². The average Bonchev–Trinajstić information content (AvgIpc) is 2.48. The number of nitro groups is 1. The molecule has 2 aromatic carbocycles. The predicted molar refractivity (Wildman–Crippen MR) is 91.7 cm³/mol. The van der Waals surface area contributed by atoms with Crippen molar-refractivity contribution in [3.63, 3.8) is 0 Å². The average molecular weight is 371 g/mol. The first kappa shape index (κ1) is 18.2. The SMILES string of the molecule is CS(=O)(=O)c1cc([N+](=O)[O-])c(Nc2ccc(CCO)cc2)cc1Cl. The Morgan fingerprint density at radius 2 is 1.88 bits per heavy atom. The van der Waals surface area contributed by atoms with Crippen molar-refractivity contribution in [2.24, 2.45) is 0 Å². The van der Waals surface area contributed by atoms with Crippen molar-refractivity contribution in [1.29, 1.82) is 0 Å². The molecule has 0 aliphatic carbocycles. The molecule has 0 atom stereocenters. The number of nitro benzene ring substituents is 1. The molecule has 0 bridgehead atoms. The Morgan fingerprint density at radius 3 is 2.38 bits per heavy atom. The van der Waals surface area contributed by atoms with Gasteiger partial charge in [0, 0.05) is 24.6 Å². The maximum absolute atomic E-state index is 11.6. The molecule has 0 amide bonds. The normalized spacial score (nSPS) is 11.3. The van der Waals surface area contributed by atoms with Gasteiger partial charge >= 0.3 is 0 Å². The highest BCUT2D eigenvalue weighted by atomic mass is 35.5. The fourth-order valence-corrected chi connectivity index (χ4v) is 3.44. The zero-order chi connectivity index (χ0) is 17.9. The number of aliphatic hydroxyl groups is 1. The summed E-state index contributed by atoms with van der Waals surface area (Å²) in [4.78, 5) is 10.3. The third kappa shape index (κ3) is 4.22. The maximum atomic E-state index is 11.6. The first-order valence-electron chi connectivity index (χ1n) is 6.87. The molecule has 0 fully saturated rings. The third-order valence-corrected chi connectivity index (χ3v) is 4.84. The van der Waals surface area contributed by atoms with Crippen LogP contribution in [0.4, 0.5) is 17.1 Å². The molecule has 0 unspecified atom stereocenters. The van der Waals surface area contributed by atoms with E-state index >= 15 is 0 Å². The second-order valence-electron chi connectivity index (χ2n) is 5.12. The number of anilines is 2. The number of rotatable bonds is 6. The monoisotopic (exact) mass is 370 g/mol. The molecular formula is C15H15ClN2O5S. The standard InChI is InChI=1S/C15H15ClN2O5S/c1-24(22,23)15-9-14(18(20)21)13(8-12(15)16)17-11-4-2-10(3-5-11)6-7-19/h2-5,8-9,17,19H,6-7H2,1H3. The number of sulfone groups is 1. The van der Waals surface area contributed by atoms with Crippen molar-refractivity contribution in [2.75, 3.05) is 18.2 Å². The van der Waals surface area contributed by atoms with Crippen LogP contribution in [-0.4, -0.2) is 31.3 Å². The summed E-state index contributed by atoms with van der Waals surface area (Å²) in [5, 5.41) is 22.9. The van der Waals surface area contributed by atoms with Gasteiger partial charge in [-0.15, -0.1) is 0 Å². The van der Waals surface area contributed by atoms with Gasteiger partial charge in [-0.3, -0.25) is 10.1 Å². The fourth-order valence-electron chi connectivity index (χ4n) is 2.12. The van der Waals surface area contributed by atoms with Gasteiger partial charge in [-0.1, -0.05) is 23.7 Å². The summed E-state index contributed by atoms with van der Waals surface area (Å²) in [7, 11) is -3.68. The van der Waals surface area contributed by atoms with Crippen molar-refractivity contribution in [3.8, 4) is 0 Å². The second-order valence-corrected chi connectivity index (χ2v) is 7.52. The van der Waals surface area contributed by atoms with Crippen LogP contribution in [0.25, 0.3) is 0 Å². The molecule has 2 aromatic rings. The van der Waals surface area contributed by atoms with Gasteiger partial charge in [-0.05, 0) is 30.2 Å². The van der Waals surface area contributed by atoms with E-state index in [1.165, 1.54) is 6.07 Å². The van der Waals surface area contributed by atoms with Crippen LogP contribution in [0.2, 0.25) is 5.02 Å². The minimum atomic E-state index is -3.68. The van der Waals surface area contributed by atoms with Gasteiger partial charge in [-0.25, -0.2) is 8.42 Å². The number of hydrogen-bond donors (Lipinski definition) is 2. The Balaban J connectivity index is 2.42. The minimum Gasteiger partial charge on any atom is -0.396 e. The van der Waals surface area contributed by atoms with Crippen molar-refractivity contribution >= 4 is 38.5 Å². The topological polar surface area (TPSA) is 110 Å². The Bertz CT molecular complexity index is 866. The van der Waals surface area contributed by atoms with Crippen molar-refractivity contribution in [1.82, 2.24) is 0 Å². The number of halogens is 1. The van der Waals surface area contributed by atoms with E-state index in [9.17, 15) is 18.5 Å². The highest BCUT2D eigenvalue weighted by molar-refractivity contribution is 7.90. The largest absolute Gasteiger partial charge is 0.396 e. The first-order valence-corrected chi connectivity index (χ1v) is 9.14. The number of benzene rings is 2. The lowest BCUT2D eigenvalue weighted by molar-refractivity contribution is -0.384. The molecule has 0 heterocycles. The van der Waals surface area contributed by atoms with Gasteiger partial charge in [0.05, 0.1) is 14.8 Å². The molecule has 9 heteroatoms. The van der Waals surface area contributed by atoms with Crippen LogP contribution in [0.5, 0.6) is 0 Å². The Kier molecular flexibility index (Phi) is 5.43. The van der Waals surface area contributed by atoms with Crippen molar-refractivity contribution < 1.29 is 18.4 Å². The van der Waals surface area contributed by atoms with E-state index < -0.39 is 14.8 Å². The van der Waals surface area contributed by atoms with Crippen LogP contribution in [0, 0.1) is 10.1 Å². The first-order chi connectivity index (χ1) is 11.2. The van der Waals surface area contributed by atoms with E-state index in [0.717, 1.165) is 17.9 Å². The molecule has 0 radical (unpaired) electrons. The van der Waals surface area contributed by atoms with E-state index in [2.05, 4.69) is 5.32 Å². The smallest absolute Gasteiger partial charge is 0.294 e. The lowest BCUT2D eigenvalue weighted by Crippen LogP contribution is -2.03. The molecule has 0 aliphatic heterocycles. The van der Waals surface area contributed by atoms with Crippen LogP contribution < -0.4 is 5.32 Å². The summed E-state index contributed by atoms with van der Waals surface area (Å²) in [5.74, 6) is 0. The van der Waals surface area contributed by atoms with Crippen molar-refractivity contribution in [3.05, 3.63) is 57.1 Å². The van der Waals surface area contributed by atoms with E-state index in [1.807, 2.05) is 0 Å². The van der Waals surface area contributed by atoms with Crippen LogP contribution in [-0.2, 0) is 16.3 Å².